The molecule has 1 rings (SSSR count). The van der Waals surface area contributed by atoms with E-state index in [1.165, 1.54) is 0 Å². The first kappa shape index (κ1) is 7.94. The molecule has 1 unspecified atom stereocenters. The second kappa shape index (κ2) is 3.30. The quantitative estimate of drug-likeness (QED) is 0.660. The summed E-state index contributed by atoms with van der Waals surface area (Å²) in [6.07, 6.45) is 4.73. The largest absolute Gasteiger partial charge is 0.389 e. The van der Waals surface area contributed by atoms with Gasteiger partial charge >= 0.3 is 0 Å². The van der Waals surface area contributed by atoms with Crippen LogP contribution in [0.5, 0.6) is 0 Å². The van der Waals surface area contributed by atoms with E-state index in [1.54, 1.807) is 37.0 Å². The third-order valence-corrected chi connectivity index (χ3v) is 1.17. The summed E-state index contributed by atoms with van der Waals surface area (Å²) in [6, 6.07) is 0. The van der Waals surface area contributed by atoms with Crippen molar-refractivity contribution in [1.29, 1.82) is 0 Å². The van der Waals surface area contributed by atoms with Crippen LogP contribution < -0.4 is 0 Å². The molecule has 0 radical (unpaired) electrons. The molecule has 0 spiro atoms. The van der Waals surface area contributed by atoms with Crippen LogP contribution in [0.25, 0.3) is 6.08 Å². The smallest absolute Gasteiger partial charge is 0.105 e. The number of rotatable bonds is 2. The third kappa shape index (κ3) is 2.51. The van der Waals surface area contributed by atoms with Gasteiger partial charge < -0.3 is 5.11 Å². The fourth-order valence-corrected chi connectivity index (χ4v) is 0.679. The predicted octanol–water partition coefficient (Wildman–Crippen LogP) is 0.209. The molecule has 0 amide bonds. The minimum Gasteiger partial charge on any atom is -0.389 e. The summed E-state index contributed by atoms with van der Waals surface area (Å²) in [6.45, 7) is 1.69. The van der Waals surface area contributed by atoms with Crippen molar-refractivity contribution in [3.8, 4) is 0 Å². The van der Waals surface area contributed by atoms with Crippen LogP contribution in [0.1, 0.15) is 12.6 Å². The van der Waals surface area contributed by atoms with Crippen molar-refractivity contribution in [3.05, 3.63) is 18.0 Å². The van der Waals surface area contributed by atoms with Crippen LogP contribution in [0.2, 0.25) is 0 Å². The van der Waals surface area contributed by atoms with E-state index in [-0.39, 0.29) is 0 Å². The molecule has 4 nitrogen and oxygen atoms in total. The number of aliphatic hydroxyl groups is 1. The second-order valence-corrected chi connectivity index (χ2v) is 2.42. The highest BCUT2D eigenvalue weighted by molar-refractivity contribution is 5.42. The Hall–Kier alpha value is -1.16. The average Bonchev–Trinajstić information content (AvgIpc) is 2.31. The number of aryl methyl sites for hydroxylation is 1. The van der Waals surface area contributed by atoms with Crippen LogP contribution in [-0.2, 0) is 7.05 Å². The van der Waals surface area contributed by atoms with E-state index < -0.39 is 6.10 Å². The molecule has 1 atom stereocenters. The van der Waals surface area contributed by atoms with Crippen LogP contribution in [0, 0.1) is 0 Å². The van der Waals surface area contributed by atoms with Gasteiger partial charge in [0.2, 0.25) is 0 Å². The van der Waals surface area contributed by atoms with E-state index in [0.717, 1.165) is 5.69 Å². The Kier molecular flexibility index (Phi) is 2.38. The van der Waals surface area contributed by atoms with Gasteiger partial charge in [0.15, 0.2) is 0 Å². The van der Waals surface area contributed by atoms with Crippen molar-refractivity contribution in [2.75, 3.05) is 0 Å². The first-order valence-electron chi connectivity index (χ1n) is 3.41. The highest BCUT2D eigenvalue weighted by Crippen LogP contribution is 1.95. The molecule has 60 valence electrons. The van der Waals surface area contributed by atoms with E-state index >= 15 is 0 Å². The topological polar surface area (TPSA) is 50.9 Å². The van der Waals surface area contributed by atoms with E-state index in [1.807, 2.05) is 0 Å². The van der Waals surface area contributed by atoms with Gasteiger partial charge in [-0.25, -0.2) is 0 Å². The van der Waals surface area contributed by atoms with Crippen LogP contribution in [0.4, 0.5) is 0 Å². The zero-order chi connectivity index (χ0) is 8.27. The minimum atomic E-state index is -0.433. The second-order valence-electron chi connectivity index (χ2n) is 2.42. The standard InChI is InChI=1S/C7H11N3O/c1-6(11)3-4-7-5-10(2)9-8-7/h3-6,11H,1-2H3/b4-3+. The predicted molar refractivity (Wildman–Crippen MR) is 41.7 cm³/mol. The summed E-state index contributed by atoms with van der Waals surface area (Å²) >= 11 is 0. The number of hydrogen-bond acceptors (Lipinski definition) is 3. The van der Waals surface area contributed by atoms with Crippen molar-refractivity contribution in [2.24, 2.45) is 7.05 Å². The Morgan fingerprint density at radius 3 is 2.91 bits per heavy atom. The molecule has 0 aliphatic heterocycles. The highest BCUT2D eigenvalue weighted by atomic mass is 16.3. The fraction of sp³-hybridized carbons (Fsp3) is 0.429. The summed E-state index contributed by atoms with van der Waals surface area (Å²) in [5.41, 5.74) is 0.758. The average molecular weight is 153 g/mol. The number of nitrogens with zero attached hydrogens (tertiary/aromatic N) is 3. The zero-order valence-corrected chi connectivity index (χ0v) is 6.60. The van der Waals surface area contributed by atoms with Crippen molar-refractivity contribution >= 4 is 6.08 Å². The van der Waals surface area contributed by atoms with E-state index in [4.69, 9.17) is 5.11 Å². The molecule has 1 aromatic rings. The molecular formula is C7H11N3O. The lowest BCUT2D eigenvalue weighted by Crippen LogP contribution is -1.91. The van der Waals surface area contributed by atoms with Crippen molar-refractivity contribution < 1.29 is 5.11 Å². The molecule has 0 aliphatic rings. The Labute approximate surface area is 65.2 Å². The van der Waals surface area contributed by atoms with Crippen LogP contribution >= 0.6 is 0 Å². The molecule has 1 aromatic heterocycles. The molecule has 0 saturated heterocycles. The van der Waals surface area contributed by atoms with Crippen LogP contribution in [-0.4, -0.2) is 26.2 Å². The van der Waals surface area contributed by atoms with Crippen LogP contribution in [0.3, 0.4) is 0 Å². The van der Waals surface area contributed by atoms with Gasteiger partial charge in [-0.3, -0.25) is 4.68 Å². The molecular weight excluding hydrogens is 142 g/mol. The normalized spacial score (nSPS) is 14.1. The SMILES string of the molecule is CC(O)/C=C/c1cn(C)nn1. The minimum absolute atomic E-state index is 0.433. The fourth-order valence-electron chi connectivity index (χ4n) is 0.679. The zero-order valence-electron chi connectivity index (χ0n) is 6.60. The van der Waals surface area contributed by atoms with Crippen molar-refractivity contribution in [2.45, 2.75) is 13.0 Å². The number of hydrogen-bond donors (Lipinski definition) is 1. The summed E-state index contributed by atoms with van der Waals surface area (Å²) < 4.78 is 1.61. The lowest BCUT2D eigenvalue weighted by Gasteiger charge is -1.89. The summed E-state index contributed by atoms with van der Waals surface area (Å²) in [5.74, 6) is 0. The molecule has 0 aromatic carbocycles. The highest BCUT2D eigenvalue weighted by Gasteiger charge is 1.92. The van der Waals surface area contributed by atoms with E-state index in [2.05, 4.69) is 10.3 Å². The van der Waals surface area contributed by atoms with Gasteiger partial charge in [0.05, 0.1) is 12.3 Å². The summed E-state index contributed by atoms with van der Waals surface area (Å²) in [7, 11) is 1.80. The first-order chi connectivity index (χ1) is 5.18. The maximum atomic E-state index is 8.88. The lowest BCUT2D eigenvalue weighted by atomic mass is 10.3. The summed E-state index contributed by atoms with van der Waals surface area (Å²) in [4.78, 5) is 0. The number of aliphatic hydroxyl groups excluding tert-OH is 1. The molecule has 0 fully saturated rings. The first-order valence-corrected chi connectivity index (χ1v) is 3.41. The van der Waals surface area contributed by atoms with Gasteiger partial charge in [-0.2, -0.15) is 0 Å². The van der Waals surface area contributed by atoms with Gasteiger partial charge in [-0.1, -0.05) is 11.3 Å². The monoisotopic (exact) mass is 153 g/mol. The molecule has 0 aliphatic carbocycles. The van der Waals surface area contributed by atoms with Gasteiger partial charge in [0.1, 0.15) is 5.69 Å². The Morgan fingerprint density at radius 2 is 2.45 bits per heavy atom. The maximum Gasteiger partial charge on any atom is 0.105 e. The maximum absolute atomic E-state index is 8.88. The molecule has 0 saturated carbocycles. The Morgan fingerprint density at radius 1 is 1.73 bits per heavy atom. The lowest BCUT2D eigenvalue weighted by molar-refractivity contribution is 0.245. The van der Waals surface area contributed by atoms with Crippen molar-refractivity contribution in [3.63, 3.8) is 0 Å². The van der Waals surface area contributed by atoms with E-state index in [9.17, 15) is 0 Å². The molecule has 11 heavy (non-hydrogen) atoms. The van der Waals surface area contributed by atoms with Gasteiger partial charge in [0, 0.05) is 7.05 Å². The van der Waals surface area contributed by atoms with Gasteiger partial charge in [-0.15, -0.1) is 5.10 Å². The molecule has 0 bridgehead atoms. The van der Waals surface area contributed by atoms with Gasteiger partial charge in [0.25, 0.3) is 0 Å². The third-order valence-electron chi connectivity index (χ3n) is 1.17. The van der Waals surface area contributed by atoms with E-state index in [0.29, 0.717) is 0 Å². The van der Waals surface area contributed by atoms with Gasteiger partial charge in [-0.05, 0) is 13.0 Å². The Balaban J connectivity index is 2.64. The molecule has 1 heterocycles. The van der Waals surface area contributed by atoms with Crippen molar-refractivity contribution in [1.82, 2.24) is 15.0 Å². The Bertz CT molecular complexity index is 252. The molecule has 4 heteroatoms. The number of aromatic nitrogens is 3. The summed E-state index contributed by atoms with van der Waals surface area (Å²) in [5, 5.41) is 16.4. The molecule has 1 N–H and O–H groups in total. The van der Waals surface area contributed by atoms with Crippen LogP contribution in [0.15, 0.2) is 12.3 Å².